The van der Waals surface area contributed by atoms with Gasteiger partial charge in [0, 0.05) is 31.1 Å². The highest BCUT2D eigenvalue weighted by Crippen LogP contribution is 2.29. The van der Waals surface area contributed by atoms with Gasteiger partial charge in [-0.3, -0.25) is 9.69 Å². The van der Waals surface area contributed by atoms with E-state index in [0.29, 0.717) is 5.69 Å². The summed E-state index contributed by atoms with van der Waals surface area (Å²) < 4.78 is 10.9. The number of nitrogens with zero attached hydrogens (tertiary/aromatic N) is 2. The van der Waals surface area contributed by atoms with Crippen LogP contribution in [0.25, 0.3) is 0 Å². The number of piperidine rings is 1. The Bertz CT molecular complexity index is 813. The molecule has 2 fully saturated rings. The van der Waals surface area contributed by atoms with Crippen LogP contribution in [0.5, 0.6) is 5.75 Å². The molecule has 1 aliphatic carbocycles. The van der Waals surface area contributed by atoms with Crippen LogP contribution in [0.2, 0.25) is 0 Å². The van der Waals surface area contributed by atoms with Crippen LogP contribution in [0.1, 0.15) is 72.7 Å². The van der Waals surface area contributed by atoms with E-state index >= 15 is 0 Å². The van der Waals surface area contributed by atoms with Crippen LogP contribution >= 0.6 is 0 Å². The van der Waals surface area contributed by atoms with Crippen molar-refractivity contribution in [2.45, 2.75) is 63.5 Å². The largest absolute Gasteiger partial charge is 0.497 e. The van der Waals surface area contributed by atoms with Crippen LogP contribution in [0.3, 0.4) is 0 Å². The SMILES string of the molecule is COc1cccc(CN2CCC[C@H](c3cc(C(=O)NC4CCCCC4)no3)C2)c1. The third-order valence-electron chi connectivity index (χ3n) is 6.15. The summed E-state index contributed by atoms with van der Waals surface area (Å²) in [5, 5.41) is 7.19. The highest BCUT2D eigenvalue weighted by molar-refractivity contribution is 5.92. The topological polar surface area (TPSA) is 67.6 Å². The molecular weight excluding hydrogens is 366 g/mol. The van der Waals surface area contributed by atoms with E-state index in [9.17, 15) is 4.79 Å². The fraction of sp³-hybridized carbons (Fsp3) is 0.565. The van der Waals surface area contributed by atoms with Crippen LogP contribution in [0, 0.1) is 0 Å². The predicted molar refractivity (Wildman–Crippen MR) is 111 cm³/mol. The molecule has 0 bridgehead atoms. The van der Waals surface area contributed by atoms with Gasteiger partial charge in [-0.05, 0) is 49.9 Å². The van der Waals surface area contributed by atoms with Gasteiger partial charge in [-0.1, -0.05) is 36.6 Å². The van der Waals surface area contributed by atoms with Crippen molar-refractivity contribution in [3.8, 4) is 5.75 Å². The first-order chi connectivity index (χ1) is 14.2. The first-order valence-electron chi connectivity index (χ1n) is 10.8. The molecule has 2 aliphatic rings. The molecular formula is C23H31N3O3. The maximum Gasteiger partial charge on any atom is 0.273 e. The van der Waals surface area contributed by atoms with E-state index in [1.54, 1.807) is 7.11 Å². The summed E-state index contributed by atoms with van der Waals surface area (Å²) >= 11 is 0. The van der Waals surface area contributed by atoms with Crippen LogP contribution < -0.4 is 10.1 Å². The summed E-state index contributed by atoms with van der Waals surface area (Å²) in [6.07, 6.45) is 7.97. The number of amides is 1. The lowest BCUT2D eigenvalue weighted by Crippen LogP contribution is -2.36. The Hall–Kier alpha value is -2.34. The number of hydrogen-bond donors (Lipinski definition) is 1. The number of likely N-dealkylation sites (tertiary alicyclic amines) is 1. The van der Waals surface area contributed by atoms with Gasteiger partial charge in [0.2, 0.25) is 0 Å². The molecule has 6 nitrogen and oxygen atoms in total. The highest BCUT2D eigenvalue weighted by atomic mass is 16.5. The van der Waals surface area contributed by atoms with Crippen LogP contribution in [-0.4, -0.2) is 42.2 Å². The molecule has 1 atom stereocenters. The summed E-state index contributed by atoms with van der Waals surface area (Å²) in [7, 11) is 1.70. The minimum Gasteiger partial charge on any atom is -0.497 e. The molecule has 2 aromatic rings. The van der Waals surface area contributed by atoms with Crippen molar-refractivity contribution >= 4 is 5.91 Å². The summed E-state index contributed by atoms with van der Waals surface area (Å²) in [6.45, 7) is 2.86. The average Bonchev–Trinajstić information content (AvgIpc) is 3.25. The minimum absolute atomic E-state index is 0.101. The van der Waals surface area contributed by atoms with E-state index in [1.165, 1.54) is 24.8 Å². The molecule has 6 heteroatoms. The Morgan fingerprint density at radius 3 is 2.90 bits per heavy atom. The Morgan fingerprint density at radius 2 is 2.07 bits per heavy atom. The van der Waals surface area contributed by atoms with Gasteiger partial charge in [0.1, 0.15) is 11.5 Å². The molecule has 29 heavy (non-hydrogen) atoms. The second-order valence-corrected chi connectivity index (χ2v) is 8.35. The van der Waals surface area contributed by atoms with E-state index in [2.05, 4.69) is 27.5 Å². The molecule has 1 saturated heterocycles. The van der Waals surface area contributed by atoms with Crippen molar-refractivity contribution in [2.24, 2.45) is 0 Å². The number of methoxy groups -OCH3 is 1. The van der Waals surface area contributed by atoms with Gasteiger partial charge in [-0.25, -0.2) is 0 Å². The zero-order chi connectivity index (χ0) is 20.1. The zero-order valence-corrected chi connectivity index (χ0v) is 17.2. The van der Waals surface area contributed by atoms with Gasteiger partial charge in [0.15, 0.2) is 5.69 Å². The summed E-state index contributed by atoms with van der Waals surface area (Å²) in [4.78, 5) is 15.0. The van der Waals surface area contributed by atoms with E-state index in [4.69, 9.17) is 9.26 Å². The quantitative estimate of drug-likeness (QED) is 0.794. The predicted octanol–water partition coefficient (Wildman–Crippen LogP) is 4.13. The van der Waals surface area contributed by atoms with E-state index in [1.807, 2.05) is 18.2 Å². The molecule has 1 aromatic heterocycles. The number of rotatable bonds is 6. The van der Waals surface area contributed by atoms with Crippen LogP contribution in [-0.2, 0) is 6.54 Å². The third-order valence-corrected chi connectivity index (χ3v) is 6.15. The number of aromatic nitrogens is 1. The minimum atomic E-state index is -0.101. The standard InChI is InChI=1S/C23H31N3O3/c1-28-20-11-5-7-17(13-20)15-26-12-6-8-18(16-26)22-14-21(25-29-22)23(27)24-19-9-3-2-4-10-19/h5,7,11,13-14,18-19H,2-4,6,8-10,12,15-16H2,1H3,(H,24,27)/t18-/m0/s1. The summed E-state index contributed by atoms with van der Waals surface area (Å²) in [5.74, 6) is 1.89. The second kappa shape index (κ2) is 9.44. The van der Waals surface area contributed by atoms with Crippen molar-refractivity contribution in [3.05, 3.63) is 47.3 Å². The Balaban J connectivity index is 1.35. The van der Waals surface area contributed by atoms with Gasteiger partial charge < -0.3 is 14.6 Å². The van der Waals surface area contributed by atoms with Gasteiger partial charge in [-0.15, -0.1) is 0 Å². The lowest BCUT2D eigenvalue weighted by atomic mass is 9.94. The molecule has 0 spiro atoms. The van der Waals surface area contributed by atoms with E-state index in [-0.39, 0.29) is 17.9 Å². The fourth-order valence-electron chi connectivity index (χ4n) is 4.56. The third kappa shape index (κ3) is 5.18. The van der Waals surface area contributed by atoms with Crippen molar-refractivity contribution in [1.29, 1.82) is 0 Å². The van der Waals surface area contributed by atoms with Crippen LogP contribution in [0.15, 0.2) is 34.9 Å². The fourth-order valence-corrected chi connectivity index (χ4v) is 4.56. The van der Waals surface area contributed by atoms with Gasteiger partial charge >= 0.3 is 0 Å². The molecule has 1 amide bonds. The molecule has 1 saturated carbocycles. The monoisotopic (exact) mass is 397 g/mol. The molecule has 4 rings (SSSR count). The number of benzene rings is 1. The van der Waals surface area contributed by atoms with Crippen LogP contribution in [0.4, 0.5) is 0 Å². The number of carbonyl (C=O) groups is 1. The Morgan fingerprint density at radius 1 is 1.21 bits per heavy atom. The number of hydrogen-bond acceptors (Lipinski definition) is 5. The lowest BCUT2D eigenvalue weighted by molar-refractivity contribution is 0.0918. The molecule has 1 aliphatic heterocycles. The molecule has 1 N–H and O–H groups in total. The maximum atomic E-state index is 12.5. The Kier molecular flexibility index (Phi) is 6.49. The number of nitrogens with one attached hydrogen (secondary N) is 1. The number of ether oxygens (including phenoxy) is 1. The second-order valence-electron chi connectivity index (χ2n) is 8.35. The molecule has 156 valence electrons. The van der Waals surface area contributed by atoms with Crippen molar-refractivity contribution in [2.75, 3.05) is 20.2 Å². The summed E-state index contributed by atoms with van der Waals surface area (Å²) in [5.41, 5.74) is 1.66. The Labute approximate surface area is 172 Å². The van der Waals surface area contributed by atoms with Crippen molar-refractivity contribution in [3.63, 3.8) is 0 Å². The zero-order valence-electron chi connectivity index (χ0n) is 17.2. The highest BCUT2D eigenvalue weighted by Gasteiger charge is 2.26. The number of carbonyl (C=O) groups excluding carboxylic acids is 1. The molecule has 0 unspecified atom stereocenters. The van der Waals surface area contributed by atoms with Gasteiger partial charge in [-0.2, -0.15) is 0 Å². The summed E-state index contributed by atoms with van der Waals surface area (Å²) in [6, 6.07) is 10.3. The van der Waals surface area contributed by atoms with Gasteiger partial charge in [0.05, 0.1) is 7.11 Å². The molecule has 1 aromatic carbocycles. The first kappa shape index (κ1) is 20.0. The first-order valence-corrected chi connectivity index (χ1v) is 10.8. The van der Waals surface area contributed by atoms with E-state index < -0.39 is 0 Å². The van der Waals surface area contributed by atoms with Crippen molar-refractivity contribution < 1.29 is 14.1 Å². The maximum absolute atomic E-state index is 12.5. The van der Waals surface area contributed by atoms with Crippen molar-refractivity contribution in [1.82, 2.24) is 15.4 Å². The molecule has 2 heterocycles. The smallest absolute Gasteiger partial charge is 0.273 e. The average molecular weight is 398 g/mol. The van der Waals surface area contributed by atoms with Gasteiger partial charge in [0.25, 0.3) is 5.91 Å². The normalized spacial score (nSPS) is 21.1. The molecule has 0 radical (unpaired) electrons. The lowest BCUT2D eigenvalue weighted by Gasteiger charge is -2.31. The van der Waals surface area contributed by atoms with E-state index in [0.717, 1.165) is 56.8 Å².